The van der Waals surface area contributed by atoms with E-state index in [1.54, 1.807) is 6.20 Å². The van der Waals surface area contributed by atoms with Gasteiger partial charge in [0.05, 0.1) is 5.56 Å². The molecule has 1 aromatic rings. The molecule has 2 rings (SSSR count). The molecule has 1 fully saturated rings. The Morgan fingerprint density at radius 1 is 1.41 bits per heavy atom. The zero-order valence-electron chi connectivity index (χ0n) is 10.0. The van der Waals surface area contributed by atoms with Crippen molar-refractivity contribution in [3.63, 3.8) is 0 Å². The highest BCUT2D eigenvalue weighted by atomic mass is 35.5. The molecule has 0 aliphatic heterocycles. The van der Waals surface area contributed by atoms with Crippen LogP contribution in [0.25, 0.3) is 0 Å². The van der Waals surface area contributed by atoms with Gasteiger partial charge in [0.2, 0.25) is 0 Å². The highest BCUT2D eigenvalue weighted by Gasteiger charge is 2.21. The number of carbonyl (C=O) groups excluding carboxylic acids is 1. The Balaban J connectivity index is 0.00000144. The van der Waals surface area contributed by atoms with E-state index in [9.17, 15) is 4.79 Å². The maximum atomic E-state index is 11.9. The van der Waals surface area contributed by atoms with Crippen LogP contribution in [0.3, 0.4) is 0 Å². The number of H-pyrrole nitrogens is 1. The van der Waals surface area contributed by atoms with Crippen LogP contribution in [-0.4, -0.2) is 23.0 Å². The Hall–Kier alpha value is -1.00. The Morgan fingerprint density at radius 2 is 2.06 bits per heavy atom. The summed E-state index contributed by atoms with van der Waals surface area (Å²) in [5.41, 5.74) is 7.50. The van der Waals surface area contributed by atoms with Crippen LogP contribution < -0.4 is 11.1 Å². The Morgan fingerprint density at radius 3 is 2.59 bits per heavy atom. The lowest BCUT2D eigenvalue weighted by Crippen LogP contribution is -2.40. The van der Waals surface area contributed by atoms with Gasteiger partial charge in [-0.3, -0.25) is 4.79 Å². The summed E-state index contributed by atoms with van der Waals surface area (Å²) < 4.78 is 0. The lowest BCUT2D eigenvalue weighted by atomic mass is 9.91. The van der Waals surface area contributed by atoms with Crippen LogP contribution in [0.15, 0.2) is 12.3 Å². The minimum absolute atomic E-state index is 0. The molecule has 0 saturated heterocycles. The zero-order valence-corrected chi connectivity index (χ0v) is 10.8. The van der Waals surface area contributed by atoms with Gasteiger partial charge in [-0.1, -0.05) is 0 Å². The van der Waals surface area contributed by atoms with Crippen molar-refractivity contribution in [2.24, 2.45) is 5.73 Å². The van der Waals surface area contributed by atoms with Gasteiger partial charge in [0.1, 0.15) is 0 Å². The molecule has 1 aliphatic rings. The van der Waals surface area contributed by atoms with Gasteiger partial charge in [0, 0.05) is 24.0 Å². The number of hydrogen-bond donors (Lipinski definition) is 3. The van der Waals surface area contributed by atoms with E-state index >= 15 is 0 Å². The molecule has 4 nitrogen and oxygen atoms in total. The molecular weight excluding hydrogens is 238 g/mol. The molecule has 1 amide bonds. The summed E-state index contributed by atoms with van der Waals surface area (Å²) in [5, 5.41) is 3.07. The minimum Gasteiger partial charge on any atom is -0.365 e. The third kappa shape index (κ3) is 3.48. The summed E-state index contributed by atoms with van der Waals surface area (Å²) >= 11 is 0. The maximum Gasteiger partial charge on any atom is 0.253 e. The second kappa shape index (κ2) is 6.07. The van der Waals surface area contributed by atoms with Crippen molar-refractivity contribution < 1.29 is 4.79 Å². The number of aromatic nitrogens is 1. The Kier molecular flexibility index (Phi) is 5.02. The molecule has 1 aromatic heterocycles. The first-order valence-corrected chi connectivity index (χ1v) is 5.87. The van der Waals surface area contributed by atoms with Gasteiger partial charge in [-0.2, -0.15) is 0 Å². The number of rotatable bonds is 2. The van der Waals surface area contributed by atoms with Crippen LogP contribution in [-0.2, 0) is 0 Å². The van der Waals surface area contributed by atoms with Gasteiger partial charge >= 0.3 is 0 Å². The summed E-state index contributed by atoms with van der Waals surface area (Å²) in [6, 6.07) is 2.43. The fourth-order valence-electron chi connectivity index (χ4n) is 2.23. The van der Waals surface area contributed by atoms with Crippen LogP contribution in [0, 0.1) is 6.92 Å². The van der Waals surface area contributed by atoms with E-state index in [1.807, 2.05) is 13.0 Å². The van der Waals surface area contributed by atoms with E-state index < -0.39 is 0 Å². The van der Waals surface area contributed by atoms with E-state index in [2.05, 4.69) is 10.3 Å². The first-order chi connectivity index (χ1) is 7.66. The predicted octanol–water partition coefficient (Wildman–Crippen LogP) is 1.74. The Bertz CT molecular complexity index is 370. The standard InChI is InChI=1S/C12H19N3O.ClH/c1-8-11(6-7-14-8)12(16)15-10-4-2-9(13)3-5-10;/h6-7,9-10,14H,2-5,13H2,1H3,(H,15,16);1H. The van der Waals surface area contributed by atoms with Crippen molar-refractivity contribution in [2.75, 3.05) is 0 Å². The summed E-state index contributed by atoms with van der Waals surface area (Å²) in [6.45, 7) is 1.91. The van der Waals surface area contributed by atoms with Crippen molar-refractivity contribution in [3.05, 3.63) is 23.5 Å². The lowest BCUT2D eigenvalue weighted by Gasteiger charge is -2.26. The van der Waals surface area contributed by atoms with Crippen molar-refractivity contribution in [1.29, 1.82) is 0 Å². The molecule has 96 valence electrons. The fourth-order valence-corrected chi connectivity index (χ4v) is 2.23. The van der Waals surface area contributed by atoms with Crippen LogP contribution >= 0.6 is 12.4 Å². The molecule has 4 N–H and O–H groups in total. The number of nitrogens with one attached hydrogen (secondary N) is 2. The lowest BCUT2D eigenvalue weighted by molar-refractivity contribution is 0.0925. The molecule has 0 radical (unpaired) electrons. The number of aromatic amines is 1. The van der Waals surface area contributed by atoms with E-state index in [0.29, 0.717) is 12.1 Å². The second-order valence-corrected chi connectivity index (χ2v) is 4.60. The molecule has 0 bridgehead atoms. The van der Waals surface area contributed by atoms with Crippen LogP contribution in [0.2, 0.25) is 0 Å². The van der Waals surface area contributed by atoms with Gasteiger partial charge < -0.3 is 16.0 Å². The average Bonchev–Trinajstić information content (AvgIpc) is 2.68. The van der Waals surface area contributed by atoms with Crippen LogP contribution in [0.5, 0.6) is 0 Å². The first-order valence-electron chi connectivity index (χ1n) is 5.87. The van der Waals surface area contributed by atoms with Gasteiger partial charge in [0.25, 0.3) is 5.91 Å². The van der Waals surface area contributed by atoms with Crippen molar-refractivity contribution in [2.45, 2.75) is 44.7 Å². The van der Waals surface area contributed by atoms with Gasteiger partial charge in [0.15, 0.2) is 0 Å². The van der Waals surface area contributed by atoms with E-state index in [1.165, 1.54) is 0 Å². The maximum absolute atomic E-state index is 11.9. The number of nitrogens with two attached hydrogens (primary N) is 1. The average molecular weight is 258 g/mol. The van der Waals surface area contributed by atoms with Crippen LogP contribution in [0.1, 0.15) is 41.7 Å². The number of amides is 1. The molecule has 0 atom stereocenters. The smallest absolute Gasteiger partial charge is 0.253 e. The molecule has 0 aromatic carbocycles. The number of carbonyl (C=O) groups is 1. The topological polar surface area (TPSA) is 70.9 Å². The summed E-state index contributed by atoms with van der Waals surface area (Å²) in [6.07, 6.45) is 5.81. The molecule has 1 saturated carbocycles. The summed E-state index contributed by atoms with van der Waals surface area (Å²) in [5.74, 6) is 0.0271. The molecule has 17 heavy (non-hydrogen) atoms. The van der Waals surface area contributed by atoms with Gasteiger partial charge in [-0.15, -0.1) is 12.4 Å². The number of aryl methyl sites for hydroxylation is 1. The SMILES string of the molecule is Cc1[nH]ccc1C(=O)NC1CCC(N)CC1.Cl. The number of halogens is 1. The minimum atomic E-state index is 0. The second-order valence-electron chi connectivity index (χ2n) is 4.60. The Labute approximate surface area is 108 Å². The van der Waals surface area contributed by atoms with Crippen molar-refractivity contribution in [3.8, 4) is 0 Å². The normalized spacial score (nSPS) is 23.9. The summed E-state index contributed by atoms with van der Waals surface area (Å²) in [4.78, 5) is 14.9. The molecular formula is C12H20ClN3O. The van der Waals surface area contributed by atoms with Crippen LogP contribution in [0.4, 0.5) is 0 Å². The highest BCUT2D eigenvalue weighted by molar-refractivity contribution is 5.95. The van der Waals surface area contributed by atoms with Crippen molar-refractivity contribution >= 4 is 18.3 Å². The molecule has 0 unspecified atom stereocenters. The van der Waals surface area contributed by atoms with Gasteiger partial charge in [-0.25, -0.2) is 0 Å². The summed E-state index contributed by atoms with van der Waals surface area (Å²) in [7, 11) is 0. The third-order valence-electron chi connectivity index (χ3n) is 3.31. The van der Waals surface area contributed by atoms with E-state index in [-0.39, 0.29) is 18.3 Å². The first kappa shape index (κ1) is 14.1. The zero-order chi connectivity index (χ0) is 11.5. The molecule has 1 aliphatic carbocycles. The number of hydrogen-bond acceptors (Lipinski definition) is 2. The van der Waals surface area contributed by atoms with E-state index in [0.717, 1.165) is 36.9 Å². The third-order valence-corrected chi connectivity index (χ3v) is 3.31. The largest absolute Gasteiger partial charge is 0.365 e. The monoisotopic (exact) mass is 257 g/mol. The quantitative estimate of drug-likeness (QED) is 0.755. The molecule has 1 heterocycles. The highest BCUT2D eigenvalue weighted by Crippen LogP contribution is 2.17. The fraction of sp³-hybridized carbons (Fsp3) is 0.583. The van der Waals surface area contributed by atoms with Gasteiger partial charge in [-0.05, 0) is 38.7 Å². The molecule has 5 heteroatoms. The molecule has 0 spiro atoms. The van der Waals surface area contributed by atoms with E-state index in [4.69, 9.17) is 5.73 Å². The predicted molar refractivity (Wildman–Crippen MR) is 70.5 cm³/mol. The van der Waals surface area contributed by atoms with Crippen molar-refractivity contribution in [1.82, 2.24) is 10.3 Å².